The monoisotopic (exact) mass is 389 g/mol. The maximum absolute atomic E-state index is 13.1. The average Bonchev–Trinajstić information content (AvgIpc) is 3.22. The highest BCUT2D eigenvalue weighted by Crippen LogP contribution is 2.29. The highest BCUT2D eigenvalue weighted by Gasteiger charge is 2.42. The Morgan fingerprint density at radius 1 is 1.33 bits per heavy atom. The molecule has 2 heterocycles. The summed E-state index contributed by atoms with van der Waals surface area (Å²) >= 11 is 6.27. The molecule has 0 spiro atoms. The minimum Gasteiger partial charge on any atom is -0.352 e. The first-order valence-corrected chi connectivity index (χ1v) is 9.54. The molecule has 3 N–H and O–H groups in total. The van der Waals surface area contributed by atoms with Crippen LogP contribution < -0.4 is 16.0 Å². The Morgan fingerprint density at radius 2 is 2.11 bits per heavy atom. The molecule has 0 bridgehead atoms. The van der Waals surface area contributed by atoms with Gasteiger partial charge in [0.05, 0.1) is 10.6 Å². The number of hydrogen-bond acceptors (Lipinski definition) is 4. The van der Waals surface area contributed by atoms with Gasteiger partial charge >= 0.3 is 0 Å². The second-order valence-corrected chi connectivity index (χ2v) is 7.04. The quantitative estimate of drug-likeness (QED) is 0.707. The molecule has 1 saturated heterocycles. The van der Waals surface area contributed by atoms with Gasteiger partial charge in [0.25, 0.3) is 11.8 Å². The van der Waals surface area contributed by atoms with E-state index in [2.05, 4.69) is 21.0 Å². The molecule has 7 nitrogen and oxygen atoms in total. The van der Waals surface area contributed by atoms with E-state index in [9.17, 15) is 9.59 Å². The molecule has 0 radical (unpaired) electrons. The van der Waals surface area contributed by atoms with Gasteiger partial charge in [-0.25, -0.2) is 0 Å². The van der Waals surface area contributed by atoms with Crippen LogP contribution in [-0.4, -0.2) is 41.2 Å². The molecule has 0 atom stereocenters. The Hall–Kier alpha value is -2.38. The summed E-state index contributed by atoms with van der Waals surface area (Å²) in [6.07, 6.45) is 5.63. The Balaban J connectivity index is 1.78. The number of benzene rings is 1. The molecule has 0 unspecified atom stereocenters. The molecule has 144 valence electrons. The van der Waals surface area contributed by atoms with Crippen molar-refractivity contribution in [3.05, 3.63) is 47.2 Å². The first-order chi connectivity index (χ1) is 13.1. The fraction of sp³-hybridized carbons (Fsp3) is 0.421. The maximum atomic E-state index is 13.1. The van der Waals surface area contributed by atoms with Gasteiger partial charge in [-0.05, 0) is 56.6 Å². The van der Waals surface area contributed by atoms with Gasteiger partial charge in [0.15, 0.2) is 0 Å². The van der Waals surface area contributed by atoms with Crippen molar-refractivity contribution in [3.63, 3.8) is 0 Å². The Labute approximate surface area is 163 Å². The van der Waals surface area contributed by atoms with E-state index in [0.29, 0.717) is 35.7 Å². The molecule has 27 heavy (non-hydrogen) atoms. The van der Waals surface area contributed by atoms with Crippen LogP contribution in [0.4, 0.5) is 5.69 Å². The van der Waals surface area contributed by atoms with Gasteiger partial charge in [-0.15, -0.1) is 0 Å². The van der Waals surface area contributed by atoms with Gasteiger partial charge in [-0.3, -0.25) is 14.3 Å². The van der Waals surface area contributed by atoms with Gasteiger partial charge in [-0.2, -0.15) is 5.10 Å². The second-order valence-electron chi connectivity index (χ2n) is 6.64. The zero-order chi connectivity index (χ0) is 19.3. The number of piperidine rings is 1. The summed E-state index contributed by atoms with van der Waals surface area (Å²) < 4.78 is 1.73. The molecule has 1 aromatic carbocycles. The number of rotatable bonds is 6. The lowest BCUT2D eigenvalue weighted by molar-refractivity contribution is -0.126. The van der Waals surface area contributed by atoms with Crippen LogP contribution in [0.25, 0.3) is 0 Å². The van der Waals surface area contributed by atoms with Gasteiger partial charge in [0.2, 0.25) is 0 Å². The van der Waals surface area contributed by atoms with Crippen molar-refractivity contribution in [1.29, 1.82) is 0 Å². The molecule has 8 heteroatoms. The number of nitrogens with zero attached hydrogens (tertiary/aromatic N) is 2. The SMILES string of the molecule is CCCNC(=O)c1ccc(NC(=O)C2(n3cccn3)CCNCC2)cc1Cl. The van der Waals surface area contributed by atoms with Gasteiger partial charge in [0, 0.05) is 24.6 Å². The standard InChI is InChI=1S/C19H24ClN5O2/c1-2-8-22-17(26)15-5-4-14(13-16(15)20)24-18(27)19(6-10-21-11-7-19)25-12-3-9-23-25/h3-5,9,12-13,21H,2,6-8,10-11H2,1H3,(H,22,26)(H,24,27). The van der Waals surface area contributed by atoms with E-state index < -0.39 is 5.54 Å². The fourth-order valence-corrected chi connectivity index (χ4v) is 3.55. The lowest BCUT2D eigenvalue weighted by atomic mass is 9.87. The van der Waals surface area contributed by atoms with Crippen molar-refractivity contribution in [2.45, 2.75) is 31.7 Å². The molecular weight excluding hydrogens is 366 g/mol. The number of aromatic nitrogens is 2. The van der Waals surface area contributed by atoms with Crippen molar-refractivity contribution in [1.82, 2.24) is 20.4 Å². The summed E-state index contributed by atoms with van der Waals surface area (Å²) in [4.78, 5) is 25.2. The lowest BCUT2D eigenvalue weighted by Crippen LogP contribution is -2.52. The third kappa shape index (κ3) is 4.14. The summed E-state index contributed by atoms with van der Waals surface area (Å²) in [5.41, 5.74) is 0.215. The third-order valence-electron chi connectivity index (χ3n) is 4.80. The molecule has 1 fully saturated rings. The van der Waals surface area contributed by atoms with Crippen LogP contribution in [0, 0.1) is 0 Å². The third-order valence-corrected chi connectivity index (χ3v) is 5.12. The number of halogens is 1. The fourth-order valence-electron chi connectivity index (χ4n) is 3.28. The van der Waals surface area contributed by atoms with Gasteiger partial charge < -0.3 is 16.0 Å². The summed E-state index contributed by atoms with van der Waals surface area (Å²) in [5, 5.41) is 13.6. The normalized spacial score (nSPS) is 15.9. The van der Waals surface area contributed by atoms with Gasteiger partial charge in [0.1, 0.15) is 5.54 Å². The predicted octanol–water partition coefficient (Wildman–Crippen LogP) is 2.39. The minimum atomic E-state index is -0.738. The van der Waals surface area contributed by atoms with Crippen molar-refractivity contribution >= 4 is 29.1 Å². The van der Waals surface area contributed by atoms with E-state index in [0.717, 1.165) is 19.5 Å². The second kappa shape index (κ2) is 8.54. The lowest BCUT2D eigenvalue weighted by Gasteiger charge is -2.36. The van der Waals surface area contributed by atoms with Crippen molar-refractivity contribution in [2.24, 2.45) is 0 Å². The smallest absolute Gasteiger partial charge is 0.252 e. The number of carbonyl (C=O) groups is 2. The molecule has 3 rings (SSSR count). The Morgan fingerprint density at radius 3 is 2.74 bits per heavy atom. The van der Waals surface area contributed by atoms with E-state index in [1.807, 2.05) is 19.2 Å². The number of anilines is 1. The summed E-state index contributed by atoms with van der Waals surface area (Å²) in [7, 11) is 0. The molecule has 0 aliphatic carbocycles. The highest BCUT2D eigenvalue weighted by atomic mass is 35.5. The summed E-state index contributed by atoms with van der Waals surface area (Å²) in [6.45, 7) is 4.06. The van der Waals surface area contributed by atoms with E-state index in [1.54, 1.807) is 29.1 Å². The molecule has 1 aromatic heterocycles. The van der Waals surface area contributed by atoms with Crippen LogP contribution in [0.3, 0.4) is 0 Å². The predicted molar refractivity (Wildman–Crippen MR) is 105 cm³/mol. The molecule has 1 aliphatic heterocycles. The zero-order valence-electron chi connectivity index (χ0n) is 15.3. The Bertz CT molecular complexity index is 800. The van der Waals surface area contributed by atoms with E-state index >= 15 is 0 Å². The van der Waals surface area contributed by atoms with Crippen LogP contribution >= 0.6 is 11.6 Å². The molecule has 1 aliphatic rings. The van der Waals surface area contributed by atoms with E-state index in [4.69, 9.17) is 11.6 Å². The van der Waals surface area contributed by atoms with Crippen LogP contribution in [0.15, 0.2) is 36.7 Å². The number of nitrogens with one attached hydrogen (secondary N) is 3. The van der Waals surface area contributed by atoms with E-state index in [-0.39, 0.29) is 11.8 Å². The Kier molecular flexibility index (Phi) is 6.13. The molecule has 0 saturated carbocycles. The topological polar surface area (TPSA) is 88.1 Å². The summed E-state index contributed by atoms with van der Waals surface area (Å²) in [5.74, 6) is -0.349. The number of hydrogen-bond donors (Lipinski definition) is 3. The molecule has 2 aromatic rings. The van der Waals surface area contributed by atoms with Crippen molar-refractivity contribution < 1.29 is 9.59 Å². The number of amides is 2. The maximum Gasteiger partial charge on any atom is 0.252 e. The average molecular weight is 390 g/mol. The van der Waals surface area contributed by atoms with Crippen LogP contribution in [0.1, 0.15) is 36.5 Å². The van der Waals surface area contributed by atoms with Crippen molar-refractivity contribution in [2.75, 3.05) is 25.0 Å². The molecule has 2 amide bonds. The number of carbonyl (C=O) groups excluding carboxylic acids is 2. The zero-order valence-corrected chi connectivity index (χ0v) is 16.1. The minimum absolute atomic E-state index is 0.132. The van der Waals surface area contributed by atoms with Crippen LogP contribution in [0.5, 0.6) is 0 Å². The van der Waals surface area contributed by atoms with Crippen LogP contribution in [-0.2, 0) is 10.3 Å². The first-order valence-electron chi connectivity index (χ1n) is 9.17. The van der Waals surface area contributed by atoms with Gasteiger partial charge in [-0.1, -0.05) is 18.5 Å². The summed E-state index contributed by atoms with van der Waals surface area (Å²) in [6, 6.07) is 6.75. The van der Waals surface area contributed by atoms with Crippen molar-refractivity contribution in [3.8, 4) is 0 Å². The van der Waals surface area contributed by atoms with Crippen LogP contribution in [0.2, 0.25) is 5.02 Å². The first kappa shape index (κ1) is 19.4. The highest BCUT2D eigenvalue weighted by molar-refractivity contribution is 6.34. The largest absolute Gasteiger partial charge is 0.352 e. The van der Waals surface area contributed by atoms with E-state index in [1.165, 1.54) is 0 Å². The molecular formula is C19H24ClN5O2.